The van der Waals surface area contributed by atoms with Crippen LogP contribution in [0.3, 0.4) is 0 Å². The highest BCUT2D eigenvalue weighted by Gasteiger charge is 2.41. The van der Waals surface area contributed by atoms with E-state index in [-0.39, 0.29) is 5.91 Å². The molecule has 2 fully saturated rings. The summed E-state index contributed by atoms with van der Waals surface area (Å²) in [5.41, 5.74) is 3.11. The van der Waals surface area contributed by atoms with E-state index in [0.29, 0.717) is 6.04 Å². The topological polar surface area (TPSA) is 49.0 Å². The lowest BCUT2D eigenvalue weighted by Crippen LogP contribution is -2.36. The third-order valence-corrected chi connectivity index (χ3v) is 5.03. The second kappa shape index (κ2) is 3.84. The quantitative estimate of drug-likeness (QED) is 0.821. The van der Waals surface area contributed by atoms with E-state index in [1.165, 1.54) is 36.9 Å². The van der Waals surface area contributed by atoms with Gasteiger partial charge in [0.1, 0.15) is 0 Å². The molecule has 0 bridgehead atoms. The molecule has 4 nitrogen and oxygen atoms in total. The highest BCUT2D eigenvalue weighted by Crippen LogP contribution is 2.38. The molecule has 1 amide bonds. The smallest absolute Gasteiger partial charge is 0.274 e. The van der Waals surface area contributed by atoms with Crippen molar-refractivity contribution in [2.45, 2.75) is 51.0 Å². The van der Waals surface area contributed by atoms with Crippen LogP contribution in [0.25, 0.3) is 0 Å². The minimum Gasteiger partial charge on any atom is -0.334 e. The van der Waals surface area contributed by atoms with E-state index in [4.69, 9.17) is 0 Å². The van der Waals surface area contributed by atoms with Crippen LogP contribution < -0.4 is 0 Å². The van der Waals surface area contributed by atoms with E-state index in [9.17, 15) is 4.79 Å². The maximum absolute atomic E-state index is 12.7. The number of fused-ring (bicyclic) bond motifs is 2. The Balaban J connectivity index is 1.63. The van der Waals surface area contributed by atoms with Crippen molar-refractivity contribution in [1.82, 2.24) is 15.1 Å². The van der Waals surface area contributed by atoms with Crippen LogP contribution in [-0.4, -0.2) is 33.6 Å². The molecule has 1 saturated carbocycles. The van der Waals surface area contributed by atoms with Gasteiger partial charge in [-0.1, -0.05) is 6.42 Å². The summed E-state index contributed by atoms with van der Waals surface area (Å²) in [6.45, 7) is 0.940. The van der Waals surface area contributed by atoms with Crippen molar-refractivity contribution in [2.75, 3.05) is 6.54 Å². The summed E-state index contributed by atoms with van der Waals surface area (Å²) in [7, 11) is 0. The lowest BCUT2D eigenvalue weighted by molar-refractivity contribution is 0.0721. The Morgan fingerprint density at radius 3 is 3.11 bits per heavy atom. The van der Waals surface area contributed by atoms with Gasteiger partial charge in [-0.3, -0.25) is 9.89 Å². The van der Waals surface area contributed by atoms with Crippen molar-refractivity contribution in [2.24, 2.45) is 5.92 Å². The van der Waals surface area contributed by atoms with E-state index in [0.717, 1.165) is 37.4 Å². The summed E-state index contributed by atoms with van der Waals surface area (Å²) >= 11 is 0. The highest BCUT2D eigenvalue weighted by molar-refractivity contribution is 5.94. The van der Waals surface area contributed by atoms with Crippen molar-refractivity contribution in [3.63, 3.8) is 0 Å². The fraction of sp³-hybridized carbons (Fsp3) is 0.714. The SMILES string of the molecule is O=C(c1n[nH]c2c1CCC2)N1CCC2CCCC21. The Bertz CT molecular complexity index is 493. The number of hydrogen-bond acceptors (Lipinski definition) is 2. The molecule has 0 radical (unpaired) electrons. The standard InChI is InChI=1S/C14H19N3O/c18-14(13-10-4-2-5-11(10)15-16-13)17-8-7-9-3-1-6-12(9)17/h9,12H,1-8H2,(H,15,16). The molecule has 1 aromatic heterocycles. The number of amides is 1. The fourth-order valence-electron chi connectivity index (χ4n) is 4.12. The Morgan fingerprint density at radius 2 is 2.17 bits per heavy atom. The van der Waals surface area contributed by atoms with E-state index in [1.807, 2.05) is 0 Å². The maximum atomic E-state index is 12.7. The van der Waals surface area contributed by atoms with Crippen LogP contribution in [0.2, 0.25) is 0 Å². The largest absolute Gasteiger partial charge is 0.334 e. The number of hydrogen-bond donors (Lipinski definition) is 1. The number of aryl methyl sites for hydroxylation is 1. The zero-order valence-electron chi connectivity index (χ0n) is 10.6. The first-order valence-electron chi connectivity index (χ1n) is 7.21. The second-order valence-corrected chi connectivity index (χ2v) is 5.93. The molecule has 1 saturated heterocycles. The number of carbonyl (C=O) groups excluding carboxylic acids is 1. The molecule has 0 spiro atoms. The van der Waals surface area contributed by atoms with Crippen molar-refractivity contribution < 1.29 is 4.79 Å². The molecule has 3 aliphatic rings. The molecule has 2 aliphatic carbocycles. The Labute approximate surface area is 107 Å². The zero-order chi connectivity index (χ0) is 12.1. The molecule has 2 heterocycles. The van der Waals surface area contributed by atoms with Gasteiger partial charge in [0.15, 0.2) is 5.69 Å². The number of aromatic amines is 1. The van der Waals surface area contributed by atoms with Gasteiger partial charge >= 0.3 is 0 Å². The summed E-state index contributed by atoms with van der Waals surface area (Å²) in [6, 6.07) is 0.506. The summed E-state index contributed by atoms with van der Waals surface area (Å²) in [6.07, 6.45) is 8.24. The molecule has 1 aromatic rings. The monoisotopic (exact) mass is 245 g/mol. The zero-order valence-corrected chi connectivity index (χ0v) is 10.6. The van der Waals surface area contributed by atoms with Crippen LogP contribution in [0.1, 0.15) is 53.8 Å². The van der Waals surface area contributed by atoms with Gasteiger partial charge in [-0.15, -0.1) is 0 Å². The molecule has 2 unspecified atom stereocenters. The molecule has 1 N–H and O–H groups in total. The third-order valence-electron chi connectivity index (χ3n) is 5.03. The average Bonchev–Trinajstić information content (AvgIpc) is 3.08. The highest BCUT2D eigenvalue weighted by atomic mass is 16.2. The van der Waals surface area contributed by atoms with Crippen molar-refractivity contribution >= 4 is 5.91 Å². The lowest BCUT2D eigenvalue weighted by atomic mass is 10.0. The van der Waals surface area contributed by atoms with Crippen LogP contribution in [0.15, 0.2) is 0 Å². The molecule has 4 heteroatoms. The van der Waals surface area contributed by atoms with Gasteiger partial charge in [-0.2, -0.15) is 5.10 Å². The van der Waals surface area contributed by atoms with Gasteiger partial charge in [0, 0.05) is 23.8 Å². The summed E-state index contributed by atoms with van der Waals surface area (Å²) in [5, 5.41) is 7.33. The molecule has 96 valence electrons. The first-order chi connectivity index (χ1) is 8.84. The number of aromatic nitrogens is 2. The number of nitrogens with zero attached hydrogens (tertiary/aromatic N) is 2. The molecule has 1 aliphatic heterocycles. The van der Waals surface area contributed by atoms with Gasteiger partial charge < -0.3 is 4.90 Å². The van der Waals surface area contributed by atoms with Gasteiger partial charge in [-0.25, -0.2) is 0 Å². The minimum absolute atomic E-state index is 0.184. The van der Waals surface area contributed by atoms with Gasteiger partial charge in [0.05, 0.1) is 0 Å². The van der Waals surface area contributed by atoms with Crippen LogP contribution in [-0.2, 0) is 12.8 Å². The molecule has 0 aromatic carbocycles. The second-order valence-electron chi connectivity index (χ2n) is 5.93. The van der Waals surface area contributed by atoms with Crippen molar-refractivity contribution in [3.05, 3.63) is 17.0 Å². The van der Waals surface area contributed by atoms with E-state index >= 15 is 0 Å². The van der Waals surface area contributed by atoms with Crippen LogP contribution in [0.4, 0.5) is 0 Å². The molecule has 18 heavy (non-hydrogen) atoms. The third kappa shape index (κ3) is 1.38. The number of nitrogens with one attached hydrogen (secondary N) is 1. The normalized spacial score (nSPS) is 29.7. The van der Waals surface area contributed by atoms with E-state index in [2.05, 4.69) is 15.1 Å². The minimum atomic E-state index is 0.184. The Kier molecular flexibility index (Phi) is 2.26. The summed E-state index contributed by atoms with van der Waals surface area (Å²) < 4.78 is 0. The lowest BCUT2D eigenvalue weighted by Gasteiger charge is -2.23. The van der Waals surface area contributed by atoms with Crippen molar-refractivity contribution in [3.8, 4) is 0 Å². The number of rotatable bonds is 1. The number of carbonyl (C=O) groups is 1. The summed E-state index contributed by atoms with van der Waals surface area (Å²) in [4.78, 5) is 14.8. The van der Waals surface area contributed by atoms with Gasteiger partial charge in [0.25, 0.3) is 5.91 Å². The molecule has 4 rings (SSSR count). The summed E-state index contributed by atoms with van der Waals surface area (Å²) in [5.74, 6) is 0.949. The Hall–Kier alpha value is -1.32. The van der Waals surface area contributed by atoms with Crippen LogP contribution in [0.5, 0.6) is 0 Å². The fourth-order valence-corrected chi connectivity index (χ4v) is 4.12. The van der Waals surface area contributed by atoms with Gasteiger partial charge in [-0.05, 0) is 44.4 Å². The maximum Gasteiger partial charge on any atom is 0.274 e. The predicted molar refractivity (Wildman–Crippen MR) is 67.4 cm³/mol. The first kappa shape index (κ1) is 10.6. The average molecular weight is 245 g/mol. The first-order valence-corrected chi connectivity index (χ1v) is 7.21. The molecule has 2 atom stereocenters. The van der Waals surface area contributed by atoms with E-state index in [1.54, 1.807) is 0 Å². The van der Waals surface area contributed by atoms with E-state index < -0.39 is 0 Å². The number of H-pyrrole nitrogens is 1. The van der Waals surface area contributed by atoms with Gasteiger partial charge in [0.2, 0.25) is 0 Å². The predicted octanol–water partition coefficient (Wildman–Crippen LogP) is 1.91. The molecular weight excluding hydrogens is 226 g/mol. The number of likely N-dealkylation sites (tertiary alicyclic amines) is 1. The van der Waals surface area contributed by atoms with Crippen LogP contribution in [0, 0.1) is 5.92 Å². The Morgan fingerprint density at radius 1 is 1.22 bits per heavy atom. The van der Waals surface area contributed by atoms with Crippen LogP contribution >= 0.6 is 0 Å². The molecular formula is C14H19N3O. The van der Waals surface area contributed by atoms with Crippen molar-refractivity contribution in [1.29, 1.82) is 0 Å².